The number of rotatable bonds is 10. The summed E-state index contributed by atoms with van der Waals surface area (Å²) in [6, 6.07) is 6.38. The van der Waals surface area contributed by atoms with Gasteiger partial charge in [0.15, 0.2) is 11.6 Å². The highest BCUT2D eigenvalue weighted by Crippen LogP contribution is 2.32. The van der Waals surface area contributed by atoms with Gasteiger partial charge in [0.05, 0.1) is 23.3 Å². The lowest BCUT2D eigenvalue weighted by Gasteiger charge is -2.27. The summed E-state index contributed by atoms with van der Waals surface area (Å²) in [5.41, 5.74) is 1.84. The number of benzene rings is 2. The van der Waals surface area contributed by atoms with Gasteiger partial charge in [-0.05, 0) is 80.1 Å². The van der Waals surface area contributed by atoms with Crippen LogP contribution in [0.1, 0.15) is 27.2 Å². The predicted molar refractivity (Wildman–Crippen MR) is 142 cm³/mol. The molecule has 0 heterocycles. The largest absolute Gasteiger partial charge is 0.444 e. The minimum atomic E-state index is -2.47. The van der Waals surface area contributed by atoms with Gasteiger partial charge in [0.2, 0.25) is 10.3 Å². The molecule has 2 N–H and O–H groups in total. The lowest BCUT2D eigenvalue weighted by atomic mass is 10.2. The van der Waals surface area contributed by atoms with Gasteiger partial charge in [-0.2, -0.15) is 8.42 Å². The van der Waals surface area contributed by atoms with Crippen LogP contribution in [0.25, 0.3) is 0 Å². The van der Waals surface area contributed by atoms with E-state index < -0.39 is 39.4 Å². The monoisotopic (exact) mass is 640 g/mol. The number of carbonyl (C=O) groups is 1. The number of halogens is 4. The molecule has 13 heteroatoms. The van der Waals surface area contributed by atoms with Crippen LogP contribution in [0, 0.1) is 21.0 Å². The summed E-state index contributed by atoms with van der Waals surface area (Å²) in [7, 11) is -0.902. The van der Waals surface area contributed by atoms with Crippen LogP contribution in [0.5, 0.6) is 0 Å². The van der Waals surface area contributed by atoms with E-state index in [0.29, 0.717) is 9.99 Å². The first-order valence-corrected chi connectivity index (χ1v) is 13.1. The predicted octanol–water partition coefficient (Wildman–Crippen LogP) is 5.02. The Hall–Kier alpha value is -2.52. The second kappa shape index (κ2) is 13.1. The van der Waals surface area contributed by atoms with Gasteiger partial charge in [-0.3, -0.25) is 0 Å². The minimum Gasteiger partial charge on any atom is -0.444 e. The van der Waals surface area contributed by atoms with Crippen molar-refractivity contribution in [1.29, 1.82) is 0 Å². The second-order valence-corrected chi connectivity index (χ2v) is 10.9. The molecular formula is C23H28F3IN4O4S. The van der Waals surface area contributed by atoms with Crippen LogP contribution in [-0.2, 0) is 15.0 Å². The summed E-state index contributed by atoms with van der Waals surface area (Å²) >= 11 is 1.92. The van der Waals surface area contributed by atoms with Crippen molar-refractivity contribution in [1.82, 2.24) is 9.91 Å². The van der Waals surface area contributed by atoms with Gasteiger partial charge in [0.25, 0.3) is 0 Å². The highest BCUT2D eigenvalue weighted by Gasteiger charge is 2.20. The van der Waals surface area contributed by atoms with Crippen molar-refractivity contribution in [2.75, 3.05) is 37.4 Å². The molecule has 0 aromatic heterocycles. The number of nitrogens with zero attached hydrogens (tertiary/aromatic N) is 2. The van der Waals surface area contributed by atoms with Crippen LogP contribution < -0.4 is 10.7 Å². The third-order valence-corrected chi connectivity index (χ3v) is 5.71. The fourth-order valence-electron chi connectivity index (χ4n) is 2.94. The van der Waals surface area contributed by atoms with Gasteiger partial charge in [0, 0.05) is 23.7 Å². The van der Waals surface area contributed by atoms with Gasteiger partial charge in [-0.15, -0.1) is 0 Å². The summed E-state index contributed by atoms with van der Waals surface area (Å²) in [4.78, 5) is 13.5. The SMILES string of the molecule is CN(CCCN(CC=S(=O)=O)Nc1ccc(F)c(F)c1Nc1ccc(I)cc1F)C(=O)OC(C)(C)C. The Morgan fingerprint density at radius 1 is 1.08 bits per heavy atom. The maximum atomic E-state index is 14.7. The highest BCUT2D eigenvalue weighted by atomic mass is 127. The molecule has 0 aliphatic carbocycles. The molecule has 1 amide bonds. The van der Waals surface area contributed by atoms with E-state index in [1.807, 2.05) is 22.6 Å². The summed E-state index contributed by atoms with van der Waals surface area (Å²) < 4.78 is 71.2. The van der Waals surface area contributed by atoms with E-state index >= 15 is 0 Å². The molecule has 2 aromatic carbocycles. The van der Waals surface area contributed by atoms with Crippen LogP contribution in [0.2, 0.25) is 0 Å². The summed E-state index contributed by atoms with van der Waals surface area (Å²) in [6.45, 7) is 5.64. The maximum Gasteiger partial charge on any atom is 0.410 e. The Balaban J connectivity index is 2.22. The molecule has 0 unspecified atom stereocenters. The molecule has 0 bridgehead atoms. The Labute approximate surface area is 223 Å². The van der Waals surface area contributed by atoms with Crippen LogP contribution in [0.3, 0.4) is 0 Å². The normalized spacial score (nSPS) is 11.2. The molecule has 36 heavy (non-hydrogen) atoms. The lowest BCUT2D eigenvalue weighted by Crippen LogP contribution is -2.38. The van der Waals surface area contributed by atoms with E-state index in [9.17, 15) is 26.4 Å². The first kappa shape index (κ1) is 29.7. The fraction of sp³-hybridized carbons (Fsp3) is 0.391. The fourth-order valence-corrected chi connectivity index (χ4v) is 3.69. The Morgan fingerprint density at radius 3 is 2.36 bits per heavy atom. The van der Waals surface area contributed by atoms with Crippen molar-refractivity contribution >= 4 is 61.4 Å². The molecule has 198 valence electrons. The molecule has 0 aliphatic heterocycles. The van der Waals surface area contributed by atoms with Crippen molar-refractivity contribution in [2.45, 2.75) is 32.8 Å². The minimum absolute atomic E-state index is 0.0532. The third kappa shape index (κ3) is 9.50. The molecule has 0 atom stereocenters. The van der Waals surface area contributed by atoms with E-state index in [4.69, 9.17) is 4.74 Å². The van der Waals surface area contributed by atoms with Gasteiger partial charge in [-0.1, -0.05) is 0 Å². The van der Waals surface area contributed by atoms with Gasteiger partial charge >= 0.3 is 6.09 Å². The van der Waals surface area contributed by atoms with Gasteiger partial charge in [0.1, 0.15) is 17.1 Å². The number of hydrazine groups is 1. The van der Waals surface area contributed by atoms with E-state index in [0.717, 1.165) is 11.4 Å². The van der Waals surface area contributed by atoms with Crippen LogP contribution >= 0.6 is 22.6 Å². The topological polar surface area (TPSA) is 91.0 Å². The average molecular weight is 640 g/mol. The van der Waals surface area contributed by atoms with Crippen molar-refractivity contribution in [3.8, 4) is 0 Å². The zero-order valence-corrected chi connectivity index (χ0v) is 23.2. The van der Waals surface area contributed by atoms with E-state index in [1.54, 1.807) is 33.9 Å². The standard InChI is InChI=1S/C23H28F3IN4O4S/c1-23(2,3)35-22(32)30(4)10-5-11-31(12-13-36(33)34)29-19-9-7-16(24)20(26)21(19)28-18-8-6-15(27)14-17(18)25/h6-9,13-14,28-29H,5,10-12H2,1-4H3. The molecule has 0 aliphatic rings. The summed E-state index contributed by atoms with van der Waals surface area (Å²) in [5.74, 6) is -3.04. The highest BCUT2D eigenvalue weighted by molar-refractivity contribution is 14.1. The summed E-state index contributed by atoms with van der Waals surface area (Å²) in [5, 5.41) is 5.00. The number of anilines is 3. The molecule has 0 radical (unpaired) electrons. The first-order chi connectivity index (χ1) is 16.8. The van der Waals surface area contributed by atoms with Crippen molar-refractivity contribution in [2.24, 2.45) is 0 Å². The molecule has 0 saturated heterocycles. The van der Waals surface area contributed by atoms with Gasteiger partial charge in [-0.25, -0.2) is 23.0 Å². The van der Waals surface area contributed by atoms with Crippen LogP contribution in [0.15, 0.2) is 30.3 Å². The second-order valence-electron chi connectivity index (χ2n) is 8.77. The van der Waals surface area contributed by atoms with Gasteiger partial charge < -0.3 is 20.4 Å². The lowest BCUT2D eigenvalue weighted by molar-refractivity contribution is 0.0294. The molecule has 8 nitrogen and oxygen atoms in total. The molecule has 0 saturated carbocycles. The van der Waals surface area contributed by atoms with Crippen LogP contribution in [0.4, 0.5) is 35.0 Å². The van der Waals surface area contributed by atoms with Crippen molar-refractivity contribution in [3.63, 3.8) is 0 Å². The number of amides is 1. The average Bonchev–Trinajstić information content (AvgIpc) is 2.76. The molecule has 2 aromatic rings. The molecular weight excluding hydrogens is 612 g/mol. The molecule has 2 rings (SSSR count). The number of hydrogen-bond donors (Lipinski definition) is 2. The quantitative estimate of drug-likeness (QED) is 0.214. The Morgan fingerprint density at radius 2 is 1.75 bits per heavy atom. The van der Waals surface area contributed by atoms with E-state index in [2.05, 4.69) is 10.7 Å². The number of hydrogen-bond acceptors (Lipinski definition) is 7. The number of ether oxygens (including phenoxy) is 1. The van der Waals surface area contributed by atoms with E-state index in [1.165, 1.54) is 28.1 Å². The Bertz CT molecular complexity index is 1210. The smallest absolute Gasteiger partial charge is 0.410 e. The molecule has 0 fully saturated rings. The van der Waals surface area contributed by atoms with Crippen LogP contribution in [-0.4, -0.2) is 62.1 Å². The Kier molecular flexibility index (Phi) is 10.8. The third-order valence-electron chi connectivity index (χ3n) is 4.62. The zero-order valence-electron chi connectivity index (χ0n) is 20.2. The maximum absolute atomic E-state index is 14.7. The first-order valence-electron chi connectivity index (χ1n) is 10.8. The molecule has 0 spiro atoms. The van der Waals surface area contributed by atoms with Crippen molar-refractivity contribution in [3.05, 3.63) is 51.4 Å². The zero-order chi connectivity index (χ0) is 27.0. The van der Waals surface area contributed by atoms with E-state index in [-0.39, 0.29) is 36.7 Å². The number of nitrogens with one attached hydrogen (secondary N) is 2. The summed E-state index contributed by atoms with van der Waals surface area (Å²) in [6.07, 6.45) is -0.124. The number of carbonyl (C=O) groups excluding carboxylic acids is 1. The van der Waals surface area contributed by atoms with Crippen molar-refractivity contribution < 1.29 is 31.1 Å².